The van der Waals surface area contributed by atoms with Gasteiger partial charge in [-0.1, -0.05) is 23.7 Å². The first-order valence-corrected chi connectivity index (χ1v) is 10.1. The van der Waals surface area contributed by atoms with Crippen molar-refractivity contribution in [1.29, 1.82) is 0 Å². The van der Waals surface area contributed by atoms with Crippen LogP contribution in [0, 0.1) is 6.92 Å². The molecule has 8 nitrogen and oxygen atoms in total. The number of pyridine rings is 1. The molecular weight excluding hydrogens is 426 g/mol. The van der Waals surface area contributed by atoms with Crippen molar-refractivity contribution in [2.75, 3.05) is 21.3 Å². The molecule has 4 N–H and O–H groups in total. The SMILES string of the molecule is Cc1ccc(NC(=O)Nc2ccc(Nc3cc(Nc4ccccn4)ncn3)cc2)c(Cl)c1. The van der Waals surface area contributed by atoms with Gasteiger partial charge in [0.2, 0.25) is 0 Å². The van der Waals surface area contributed by atoms with E-state index < -0.39 is 0 Å². The fourth-order valence-electron chi connectivity index (χ4n) is 2.85. The molecule has 0 radical (unpaired) electrons. The lowest BCUT2D eigenvalue weighted by Crippen LogP contribution is -2.19. The fraction of sp³-hybridized carbons (Fsp3) is 0.0435. The summed E-state index contributed by atoms with van der Waals surface area (Å²) >= 11 is 6.16. The van der Waals surface area contributed by atoms with Gasteiger partial charge in [0, 0.05) is 23.6 Å². The predicted octanol–water partition coefficient (Wildman–Crippen LogP) is 5.96. The van der Waals surface area contributed by atoms with Gasteiger partial charge in [0.05, 0.1) is 10.7 Å². The lowest BCUT2D eigenvalue weighted by Gasteiger charge is -2.11. The lowest BCUT2D eigenvalue weighted by atomic mass is 10.2. The van der Waals surface area contributed by atoms with Crippen molar-refractivity contribution in [3.05, 3.63) is 89.8 Å². The smallest absolute Gasteiger partial charge is 0.323 e. The van der Waals surface area contributed by atoms with Crippen LogP contribution in [0.3, 0.4) is 0 Å². The molecule has 0 fully saturated rings. The summed E-state index contributed by atoms with van der Waals surface area (Å²) in [4.78, 5) is 24.9. The molecule has 0 unspecified atom stereocenters. The van der Waals surface area contributed by atoms with Gasteiger partial charge in [-0.3, -0.25) is 0 Å². The number of rotatable bonds is 6. The standard InChI is InChI=1S/C23H20ClN7O/c1-15-5-10-19(18(24)12-15)30-23(32)29-17-8-6-16(7-9-17)28-21-13-22(27-14-26-21)31-20-4-2-3-11-25-20/h2-14H,1H3,(H2,29,30,32)(H2,25,26,27,28,31). The van der Waals surface area contributed by atoms with Gasteiger partial charge in [-0.15, -0.1) is 0 Å². The summed E-state index contributed by atoms with van der Waals surface area (Å²) in [6.45, 7) is 1.94. The number of benzene rings is 2. The molecule has 0 aliphatic heterocycles. The van der Waals surface area contributed by atoms with Crippen LogP contribution < -0.4 is 21.3 Å². The van der Waals surface area contributed by atoms with Gasteiger partial charge in [-0.25, -0.2) is 19.7 Å². The second kappa shape index (κ2) is 9.76. The monoisotopic (exact) mass is 445 g/mol. The van der Waals surface area contributed by atoms with Crippen molar-refractivity contribution in [3.63, 3.8) is 0 Å². The molecule has 160 valence electrons. The molecule has 0 atom stereocenters. The number of halogens is 1. The number of nitrogens with one attached hydrogen (secondary N) is 4. The fourth-order valence-corrected chi connectivity index (χ4v) is 3.14. The summed E-state index contributed by atoms with van der Waals surface area (Å²) in [7, 11) is 0. The van der Waals surface area contributed by atoms with Crippen LogP contribution in [0.15, 0.2) is 79.3 Å². The van der Waals surface area contributed by atoms with Crippen molar-refractivity contribution in [2.24, 2.45) is 0 Å². The van der Waals surface area contributed by atoms with Crippen LogP contribution in [0.1, 0.15) is 5.56 Å². The Bertz CT molecular complexity index is 1220. The van der Waals surface area contributed by atoms with Crippen molar-refractivity contribution >= 4 is 52.1 Å². The van der Waals surface area contributed by atoms with Crippen molar-refractivity contribution in [1.82, 2.24) is 15.0 Å². The first kappa shape index (κ1) is 21.1. The summed E-state index contributed by atoms with van der Waals surface area (Å²) in [5.41, 5.74) is 3.01. The van der Waals surface area contributed by atoms with E-state index in [4.69, 9.17) is 11.6 Å². The second-order valence-electron chi connectivity index (χ2n) is 6.89. The highest BCUT2D eigenvalue weighted by Gasteiger charge is 2.07. The number of carbonyl (C=O) groups excluding carboxylic acids is 1. The topological polar surface area (TPSA) is 104 Å². The second-order valence-corrected chi connectivity index (χ2v) is 7.30. The normalized spacial score (nSPS) is 10.3. The summed E-state index contributed by atoms with van der Waals surface area (Å²) in [6.07, 6.45) is 3.16. The zero-order valence-electron chi connectivity index (χ0n) is 17.1. The minimum atomic E-state index is -0.377. The van der Waals surface area contributed by atoms with E-state index in [0.29, 0.717) is 33.9 Å². The number of carbonyl (C=O) groups is 1. The van der Waals surface area contributed by atoms with E-state index in [0.717, 1.165) is 11.3 Å². The molecule has 2 heterocycles. The number of nitrogens with zero attached hydrogens (tertiary/aromatic N) is 3. The molecule has 0 aliphatic carbocycles. The van der Waals surface area contributed by atoms with Gasteiger partial charge in [0.25, 0.3) is 0 Å². The maximum Gasteiger partial charge on any atom is 0.323 e. The summed E-state index contributed by atoms with van der Waals surface area (Å²) in [5.74, 6) is 1.93. The van der Waals surface area contributed by atoms with E-state index in [-0.39, 0.29) is 6.03 Å². The molecule has 0 bridgehead atoms. The number of aryl methyl sites for hydroxylation is 1. The summed E-state index contributed by atoms with van der Waals surface area (Å²) in [6, 6.07) is 19.7. The Morgan fingerprint density at radius 1 is 0.781 bits per heavy atom. The van der Waals surface area contributed by atoms with Crippen LogP contribution in [-0.4, -0.2) is 21.0 Å². The number of hydrogen-bond acceptors (Lipinski definition) is 6. The molecule has 4 rings (SSSR count). The minimum Gasteiger partial charge on any atom is -0.340 e. The molecule has 0 saturated carbocycles. The van der Waals surface area contributed by atoms with E-state index in [1.165, 1.54) is 6.33 Å². The van der Waals surface area contributed by atoms with Gasteiger partial charge < -0.3 is 21.3 Å². The van der Waals surface area contributed by atoms with Crippen LogP contribution in [0.4, 0.5) is 39.3 Å². The zero-order chi connectivity index (χ0) is 22.3. The Hall–Kier alpha value is -4.17. The highest BCUT2D eigenvalue weighted by Crippen LogP contribution is 2.23. The number of amides is 2. The van der Waals surface area contributed by atoms with Crippen LogP contribution in [0.5, 0.6) is 0 Å². The van der Waals surface area contributed by atoms with Crippen LogP contribution >= 0.6 is 11.6 Å². The minimum absolute atomic E-state index is 0.377. The van der Waals surface area contributed by atoms with E-state index >= 15 is 0 Å². The molecule has 0 saturated heterocycles. The number of aromatic nitrogens is 3. The lowest BCUT2D eigenvalue weighted by molar-refractivity contribution is 0.262. The summed E-state index contributed by atoms with van der Waals surface area (Å²) in [5, 5.41) is 12.3. The molecule has 2 aromatic heterocycles. The van der Waals surface area contributed by atoms with Gasteiger partial charge in [0.15, 0.2) is 0 Å². The van der Waals surface area contributed by atoms with E-state index in [1.54, 1.807) is 36.5 Å². The third kappa shape index (κ3) is 5.71. The van der Waals surface area contributed by atoms with Gasteiger partial charge in [0.1, 0.15) is 23.8 Å². The largest absolute Gasteiger partial charge is 0.340 e. The average Bonchev–Trinajstić information content (AvgIpc) is 2.78. The van der Waals surface area contributed by atoms with Crippen LogP contribution in [-0.2, 0) is 0 Å². The molecule has 2 aromatic carbocycles. The van der Waals surface area contributed by atoms with Crippen LogP contribution in [0.2, 0.25) is 5.02 Å². The Kier molecular flexibility index (Phi) is 6.43. The molecular formula is C23H20ClN7O. The van der Waals surface area contributed by atoms with Crippen LogP contribution in [0.25, 0.3) is 0 Å². The van der Waals surface area contributed by atoms with Crippen molar-refractivity contribution in [2.45, 2.75) is 6.92 Å². The molecule has 4 aromatic rings. The van der Waals surface area contributed by atoms with E-state index in [9.17, 15) is 4.79 Å². The van der Waals surface area contributed by atoms with Gasteiger partial charge in [-0.05, 0) is 61.0 Å². The summed E-state index contributed by atoms with van der Waals surface area (Å²) < 4.78 is 0. The Balaban J connectivity index is 1.35. The maximum absolute atomic E-state index is 12.3. The Morgan fingerprint density at radius 3 is 2.25 bits per heavy atom. The highest BCUT2D eigenvalue weighted by molar-refractivity contribution is 6.33. The van der Waals surface area contributed by atoms with E-state index in [2.05, 4.69) is 36.2 Å². The third-order valence-electron chi connectivity index (χ3n) is 4.38. The quantitative estimate of drug-likeness (QED) is 0.291. The first-order valence-electron chi connectivity index (χ1n) is 9.76. The molecule has 32 heavy (non-hydrogen) atoms. The predicted molar refractivity (Wildman–Crippen MR) is 128 cm³/mol. The number of anilines is 6. The molecule has 0 aliphatic rings. The first-order chi connectivity index (χ1) is 15.5. The Labute approximate surface area is 190 Å². The molecule has 2 amide bonds. The number of hydrogen-bond donors (Lipinski definition) is 4. The van der Waals surface area contributed by atoms with Gasteiger partial charge in [-0.2, -0.15) is 0 Å². The molecule has 9 heteroatoms. The van der Waals surface area contributed by atoms with E-state index in [1.807, 2.05) is 43.3 Å². The highest BCUT2D eigenvalue weighted by atomic mass is 35.5. The zero-order valence-corrected chi connectivity index (χ0v) is 17.9. The van der Waals surface area contributed by atoms with Crippen molar-refractivity contribution in [3.8, 4) is 0 Å². The molecule has 0 spiro atoms. The maximum atomic E-state index is 12.3. The van der Waals surface area contributed by atoms with Gasteiger partial charge >= 0.3 is 6.03 Å². The third-order valence-corrected chi connectivity index (χ3v) is 4.69. The Morgan fingerprint density at radius 2 is 1.53 bits per heavy atom. The number of urea groups is 1. The van der Waals surface area contributed by atoms with Crippen molar-refractivity contribution < 1.29 is 4.79 Å². The average molecular weight is 446 g/mol.